The molecule has 5 rings (SSSR count). The number of hydrogen-bond donors (Lipinski definition) is 0. The van der Waals surface area contributed by atoms with Crippen molar-refractivity contribution in [3.63, 3.8) is 0 Å². The molecule has 1 atom stereocenters. The SMILES string of the molecule is Cc1ccc(OCCN(C)C(=O)C2CC23CCN(Cc2nc(-c4ccccc4)cs2)CC3)cc1. The lowest BCUT2D eigenvalue weighted by Gasteiger charge is -2.32. The van der Waals surface area contributed by atoms with Gasteiger partial charge in [0.1, 0.15) is 17.4 Å². The molecule has 1 amide bonds. The van der Waals surface area contributed by atoms with Crippen LogP contribution in [0.3, 0.4) is 0 Å². The molecule has 178 valence electrons. The Morgan fingerprint density at radius 2 is 1.88 bits per heavy atom. The highest BCUT2D eigenvalue weighted by Crippen LogP contribution is 2.60. The second-order valence-electron chi connectivity index (χ2n) is 9.81. The highest BCUT2D eigenvalue weighted by atomic mass is 32.1. The van der Waals surface area contributed by atoms with Crippen molar-refractivity contribution in [3.8, 4) is 17.0 Å². The van der Waals surface area contributed by atoms with E-state index in [-0.39, 0.29) is 17.2 Å². The van der Waals surface area contributed by atoms with Crippen LogP contribution in [0.2, 0.25) is 0 Å². The van der Waals surface area contributed by atoms with Gasteiger partial charge in [0.2, 0.25) is 5.91 Å². The lowest BCUT2D eigenvalue weighted by atomic mass is 9.90. The molecule has 1 aliphatic heterocycles. The summed E-state index contributed by atoms with van der Waals surface area (Å²) < 4.78 is 5.81. The van der Waals surface area contributed by atoms with E-state index in [0.717, 1.165) is 50.3 Å². The van der Waals surface area contributed by atoms with Crippen molar-refractivity contribution in [1.82, 2.24) is 14.8 Å². The smallest absolute Gasteiger partial charge is 0.226 e. The van der Waals surface area contributed by atoms with Crippen molar-refractivity contribution in [2.24, 2.45) is 11.3 Å². The maximum Gasteiger partial charge on any atom is 0.226 e. The van der Waals surface area contributed by atoms with Crippen LogP contribution in [0, 0.1) is 18.3 Å². The van der Waals surface area contributed by atoms with Crippen LogP contribution in [0.5, 0.6) is 5.75 Å². The molecule has 1 saturated heterocycles. The zero-order chi connectivity index (χ0) is 23.5. The number of ether oxygens (including phenoxy) is 1. The number of carbonyl (C=O) groups excluding carboxylic acids is 1. The van der Waals surface area contributed by atoms with Gasteiger partial charge in [-0.2, -0.15) is 0 Å². The molecule has 2 aromatic carbocycles. The monoisotopic (exact) mass is 475 g/mol. The molecule has 2 heterocycles. The Labute approximate surface area is 206 Å². The van der Waals surface area contributed by atoms with Crippen LogP contribution in [0.1, 0.15) is 29.8 Å². The normalized spacial score (nSPS) is 19.2. The number of rotatable bonds is 8. The quantitative estimate of drug-likeness (QED) is 0.446. The summed E-state index contributed by atoms with van der Waals surface area (Å²) in [4.78, 5) is 22.2. The van der Waals surface area contributed by atoms with E-state index in [1.165, 1.54) is 16.1 Å². The van der Waals surface area contributed by atoms with Crippen LogP contribution in [0.15, 0.2) is 60.0 Å². The summed E-state index contributed by atoms with van der Waals surface area (Å²) in [5.41, 5.74) is 3.68. The van der Waals surface area contributed by atoms with Crippen LogP contribution in [0.4, 0.5) is 0 Å². The number of carbonyl (C=O) groups is 1. The van der Waals surface area contributed by atoms with Gasteiger partial charge in [-0.3, -0.25) is 9.69 Å². The summed E-state index contributed by atoms with van der Waals surface area (Å²) in [7, 11) is 1.91. The Morgan fingerprint density at radius 3 is 2.62 bits per heavy atom. The summed E-state index contributed by atoms with van der Waals surface area (Å²) in [6.07, 6.45) is 3.25. The number of aromatic nitrogens is 1. The minimum Gasteiger partial charge on any atom is -0.492 e. The molecule has 0 N–H and O–H groups in total. The fourth-order valence-corrected chi connectivity index (χ4v) is 5.88. The van der Waals surface area contributed by atoms with Gasteiger partial charge >= 0.3 is 0 Å². The molecule has 0 bridgehead atoms. The van der Waals surface area contributed by atoms with Crippen molar-refractivity contribution in [3.05, 3.63) is 70.5 Å². The first kappa shape index (κ1) is 23.1. The molecular formula is C28H33N3O2S. The predicted molar refractivity (Wildman–Crippen MR) is 137 cm³/mol. The summed E-state index contributed by atoms with van der Waals surface area (Å²) in [6, 6.07) is 18.4. The van der Waals surface area contributed by atoms with Crippen LogP contribution in [0.25, 0.3) is 11.3 Å². The molecule has 1 aliphatic carbocycles. The third-order valence-electron chi connectivity index (χ3n) is 7.41. The van der Waals surface area contributed by atoms with Crippen LogP contribution in [-0.2, 0) is 11.3 Å². The number of likely N-dealkylation sites (tertiary alicyclic amines) is 1. The van der Waals surface area contributed by atoms with Gasteiger partial charge in [0.15, 0.2) is 0 Å². The van der Waals surface area contributed by atoms with Gasteiger partial charge in [-0.1, -0.05) is 48.0 Å². The molecule has 1 saturated carbocycles. The first-order valence-corrected chi connectivity index (χ1v) is 13.1. The number of hydrogen-bond acceptors (Lipinski definition) is 5. The highest BCUT2D eigenvalue weighted by molar-refractivity contribution is 7.09. The first-order valence-electron chi connectivity index (χ1n) is 12.2. The van der Waals surface area contributed by atoms with Gasteiger partial charge in [0.25, 0.3) is 0 Å². The molecule has 6 heteroatoms. The van der Waals surface area contributed by atoms with E-state index < -0.39 is 0 Å². The summed E-state index contributed by atoms with van der Waals surface area (Å²) in [6.45, 7) is 6.21. The van der Waals surface area contributed by atoms with E-state index in [1.807, 2.05) is 42.3 Å². The van der Waals surface area contributed by atoms with Gasteiger partial charge in [0, 0.05) is 23.9 Å². The Morgan fingerprint density at radius 1 is 1.15 bits per heavy atom. The van der Waals surface area contributed by atoms with Crippen molar-refractivity contribution in [2.45, 2.75) is 32.7 Å². The predicted octanol–water partition coefficient (Wildman–Crippen LogP) is 5.26. The lowest BCUT2D eigenvalue weighted by molar-refractivity contribution is -0.132. The van der Waals surface area contributed by atoms with E-state index >= 15 is 0 Å². The second-order valence-corrected chi connectivity index (χ2v) is 10.8. The van der Waals surface area contributed by atoms with Gasteiger partial charge in [-0.25, -0.2) is 4.98 Å². The Balaban J connectivity index is 1.06. The zero-order valence-corrected chi connectivity index (χ0v) is 20.9. The largest absolute Gasteiger partial charge is 0.492 e. The fourth-order valence-electron chi connectivity index (χ4n) is 5.03. The summed E-state index contributed by atoms with van der Waals surface area (Å²) >= 11 is 1.74. The number of likely N-dealkylation sites (N-methyl/N-ethyl adjacent to an activating group) is 1. The van der Waals surface area contributed by atoms with E-state index in [9.17, 15) is 4.79 Å². The zero-order valence-electron chi connectivity index (χ0n) is 20.1. The van der Waals surface area contributed by atoms with Crippen LogP contribution < -0.4 is 4.74 Å². The van der Waals surface area contributed by atoms with Gasteiger partial charge < -0.3 is 9.64 Å². The number of benzene rings is 2. The fraction of sp³-hybridized carbons (Fsp3) is 0.429. The maximum atomic E-state index is 13.0. The van der Waals surface area contributed by atoms with Gasteiger partial charge in [-0.05, 0) is 56.8 Å². The maximum absolute atomic E-state index is 13.0. The average molecular weight is 476 g/mol. The summed E-state index contributed by atoms with van der Waals surface area (Å²) in [5.74, 6) is 1.33. The lowest BCUT2D eigenvalue weighted by Crippen LogP contribution is -2.38. The van der Waals surface area contributed by atoms with Crippen LogP contribution >= 0.6 is 11.3 Å². The molecule has 2 fully saturated rings. The Kier molecular flexibility index (Phi) is 6.70. The molecular weight excluding hydrogens is 442 g/mol. The van der Waals surface area contributed by atoms with Crippen molar-refractivity contribution in [2.75, 3.05) is 33.3 Å². The second kappa shape index (κ2) is 9.88. The van der Waals surface area contributed by atoms with Crippen molar-refractivity contribution < 1.29 is 9.53 Å². The van der Waals surface area contributed by atoms with Crippen molar-refractivity contribution >= 4 is 17.2 Å². The molecule has 1 unspecified atom stereocenters. The minimum absolute atomic E-state index is 0.184. The molecule has 0 radical (unpaired) electrons. The molecule has 1 aromatic heterocycles. The molecule has 34 heavy (non-hydrogen) atoms. The van der Waals surface area contributed by atoms with Gasteiger partial charge in [-0.15, -0.1) is 11.3 Å². The van der Waals surface area contributed by atoms with E-state index in [1.54, 1.807) is 11.3 Å². The standard InChI is InChI=1S/C28H33N3O2S/c1-21-8-10-23(11-9-21)33-17-16-30(2)27(32)24-18-28(24)12-14-31(15-13-28)19-26-29-25(20-34-26)22-6-4-3-5-7-22/h3-11,20,24H,12-19H2,1-2H3. The summed E-state index contributed by atoms with van der Waals surface area (Å²) in [5, 5.41) is 3.33. The Bertz CT molecular complexity index is 1100. The number of amides is 1. The number of thiazole rings is 1. The third-order valence-corrected chi connectivity index (χ3v) is 8.25. The topological polar surface area (TPSA) is 45.7 Å². The first-order chi connectivity index (χ1) is 16.5. The number of aryl methyl sites for hydroxylation is 1. The molecule has 5 nitrogen and oxygen atoms in total. The number of piperidine rings is 1. The molecule has 1 spiro atoms. The Hall–Kier alpha value is -2.70. The van der Waals surface area contributed by atoms with Crippen molar-refractivity contribution in [1.29, 1.82) is 0 Å². The van der Waals surface area contributed by atoms with E-state index in [4.69, 9.17) is 9.72 Å². The minimum atomic E-state index is 0.184. The van der Waals surface area contributed by atoms with E-state index in [0.29, 0.717) is 13.2 Å². The average Bonchev–Trinajstić information content (AvgIpc) is 3.35. The molecule has 2 aliphatic rings. The number of nitrogens with zero attached hydrogens (tertiary/aromatic N) is 3. The van der Waals surface area contributed by atoms with Gasteiger partial charge in [0.05, 0.1) is 18.8 Å². The van der Waals surface area contributed by atoms with Crippen LogP contribution in [-0.4, -0.2) is 54.0 Å². The molecule has 3 aromatic rings. The highest BCUT2D eigenvalue weighted by Gasteiger charge is 2.58. The van der Waals surface area contributed by atoms with E-state index in [2.05, 4.69) is 41.5 Å². The third kappa shape index (κ3) is 5.18.